The Labute approximate surface area is 176 Å². The van der Waals surface area contributed by atoms with E-state index in [1.165, 1.54) is 13.0 Å². The number of Topliss-reactive ketones (excluding diaryl/α,β-unsaturated/α-hetero) is 1. The first-order valence-electron chi connectivity index (χ1n) is 9.93. The fraction of sp³-hybridized carbons (Fsp3) is 0.375. The Morgan fingerprint density at radius 3 is 2.50 bits per heavy atom. The van der Waals surface area contributed by atoms with Gasteiger partial charge in [-0.25, -0.2) is 4.79 Å². The fourth-order valence-corrected chi connectivity index (χ4v) is 4.15. The van der Waals surface area contributed by atoms with Gasteiger partial charge >= 0.3 is 11.9 Å². The Bertz CT molecular complexity index is 966. The Morgan fingerprint density at radius 2 is 1.90 bits per heavy atom. The predicted molar refractivity (Wildman–Crippen MR) is 113 cm³/mol. The standard InChI is InChI=1S/C24H27NO5/c1-6-11-29-23(28)20-14(2)25-18-12-24(4,5)13-19(27)22(18)21(20)16-7-9-17(10-8-16)30-15(3)26/h6-10,21,25H,1,11-13H2,2-5H3. The van der Waals surface area contributed by atoms with E-state index in [1.54, 1.807) is 24.3 Å². The summed E-state index contributed by atoms with van der Waals surface area (Å²) >= 11 is 0. The number of carbonyl (C=O) groups is 3. The third kappa shape index (κ3) is 4.37. The van der Waals surface area contributed by atoms with E-state index in [4.69, 9.17) is 9.47 Å². The minimum Gasteiger partial charge on any atom is -0.458 e. The molecule has 1 aromatic carbocycles. The molecule has 1 atom stereocenters. The van der Waals surface area contributed by atoms with Crippen LogP contribution in [0.5, 0.6) is 5.75 Å². The number of nitrogens with one attached hydrogen (secondary N) is 1. The van der Waals surface area contributed by atoms with Crippen LogP contribution >= 0.6 is 0 Å². The van der Waals surface area contributed by atoms with E-state index in [0.29, 0.717) is 35.4 Å². The lowest BCUT2D eigenvalue weighted by molar-refractivity contribution is -0.138. The van der Waals surface area contributed by atoms with E-state index in [2.05, 4.69) is 25.7 Å². The number of ketones is 1. The van der Waals surface area contributed by atoms with E-state index in [0.717, 1.165) is 11.3 Å². The molecule has 0 radical (unpaired) electrons. The molecule has 30 heavy (non-hydrogen) atoms. The normalized spacial score (nSPS) is 20.3. The molecule has 3 rings (SSSR count). The molecule has 2 aliphatic rings. The van der Waals surface area contributed by atoms with Crippen molar-refractivity contribution >= 4 is 17.7 Å². The van der Waals surface area contributed by atoms with Crippen molar-refractivity contribution in [3.63, 3.8) is 0 Å². The van der Waals surface area contributed by atoms with Crippen molar-refractivity contribution in [1.29, 1.82) is 0 Å². The van der Waals surface area contributed by atoms with Crippen molar-refractivity contribution in [3.8, 4) is 5.75 Å². The van der Waals surface area contributed by atoms with Gasteiger partial charge in [0.1, 0.15) is 12.4 Å². The molecule has 0 aromatic heterocycles. The van der Waals surface area contributed by atoms with Crippen molar-refractivity contribution in [2.24, 2.45) is 5.41 Å². The molecular formula is C24H27NO5. The number of ether oxygens (including phenoxy) is 2. The van der Waals surface area contributed by atoms with Crippen molar-refractivity contribution in [3.05, 3.63) is 65.0 Å². The Morgan fingerprint density at radius 1 is 1.23 bits per heavy atom. The van der Waals surface area contributed by atoms with E-state index in [1.807, 2.05) is 6.92 Å². The zero-order valence-corrected chi connectivity index (χ0v) is 17.8. The topological polar surface area (TPSA) is 81.7 Å². The number of rotatable bonds is 5. The molecule has 1 N–H and O–H groups in total. The van der Waals surface area contributed by atoms with Crippen molar-refractivity contribution < 1.29 is 23.9 Å². The average Bonchev–Trinajstić information content (AvgIpc) is 2.64. The highest BCUT2D eigenvalue weighted by Gasteiger charge is 2.43. The van der Waals surface area contributed by atoms with Gasteiger partial charge in [0.2, 0.25) is 0 Å². The first kappa shape index (κ1) is 21.6. The van der Waals surface area contributed by atoms with Gasteiger partial charge in [0.25, 0.3) is 0 Å². The molecule has 6 heteroatoms. The van der Waals surface area contributed by atoms with Crippen LogP contribution in [0.4, 0.5) is 0 Å². The summed E-state index contributed by atoms with van der Waals surface area (Å²) in [5.41, 5.74) is 3.13. The maximum atomic E-state index is 13.2. The van der Waals surface area contributed by atoms with Gasteiger partial charge in [0.05, 0.1) is 5.57 Å². The fourth-order valence-electron chi connectivity index (χ4n) is 4.15. The quantitative estimate of drug-likeness (QED) is 0.451. The molecule has 1 heterocycles. The maximum Gasteiger partial charge on any atom is 0.337 e. The van der Waals surface area contributed by atoms with Gasteiger partial charge in [-0.3, -0.25) is 9.59 Å². The number of dihydropyridines is 1. The van der Waals surface area contributed by atoms with E-state index in [9.17, 15) is 14.4 Å². The lowest BCUT2D eigenvalue weighted by Crippen LogP contribution is -2.38. The average molecular weight is 409 g/mol. The Hall–Kier alpha value is -3.15. The van der Waals surface area contributed by atoms with Gasteiger partial charge in [0, 0.05) is 36.2 Å². The molecule has 1 unspecified atom stereocenters. The number of hydrogen-bond donors (Lipinski definition) is 1. The largest absolute Gasteiger partial charge is 0.458 e. The van der Waals surface area contributed by atoms with Crippen LogP contribution in [0.2, 0.25) is 0 Å². The van der Waals surface area contributed by atoms with Gasteiger partial charge in [-0.15, -0.1) is 0 Å². The molecule has 1 aromatic rings. The summed E-state index contributed by atoms with van der Waals surface area (Å²) in [6, 6.07) is 6.89. The summed E-state index contributed by atoms with van der Waals surface area (Å²) in [6.07, 6.45) is 2.62. The molecule has 0 saturated heterocycles. The molecule has 0 saturated carbocycles. The number of benzene rings is 1. The van der Waals surface area contributed by atoms with E-state index < -0.39 is 17.9 Å². The summed E-state index contributed by atoms with van der Waals surface area (Å²) in [4.78, 5) is 37.3. The first-order chi connectivity index (χ1) is 14.1. The number of carbonyl (C=O) groups excluding carboxylic acids is 3. The molecule has 0 fully saturated rings. The third-order valence-corrected chi connectivity index (χ3v) is 5.27. The lowest BCUT2D eigenvalue weighted by Gasteiger charge is -2.39. The molecule has 1 aliphatic heterocycles. The van der Waals surface area contributed by atoms with Crippen LogP contribution in [-0.4, -0.2) is 24.3 Å². The molecule has 0 spiro atoms. The summed E-state index contributed by atoms with van der Waals surface area (Å²) in [7, 11) is 0. The van der Waals surface area contributed by atoms with Crippen molar-refractivity contribution in [2.45, 2.75) is 46.5 Å². The van der Waals surface area contributed by atoms with Crippen molar-refractivity contribution in [2.75, 3.05) is 6.61 Å². The van der Waals surface area contributed by atoms with Crippen LogP contribution in [0, 0.1) is 5.41 Å². The second kappa shape index (κ2) is 8.30. The first-order valence-corrected chi connectivity index (χ1v) is 9.93. The molecule has 0 bridgehead atoms. The smallest absolute Gasteiger partial charge is 0.337 e. The maximum absolute atomic E-state index is 13.2. The van der Waals surface area contributed by atoms with Crippen LogP contribution in [0.15, 0.2) is 59.5 Å². The number of hydrogen-bond acceptors (Lipinski definition) is 6. The van der Waals surface area contributed by atoms with Gasteiger partial charge in [-0.05, 0) is 36.5 Å². The van der Waals surface area contributed by atoms with Crippen LogP contribution in [0.3, 0.4) is 0 Å². The Balaban J connectivity index is 2.10. The molecule has 0 amide bonds. The third-order valence-electron chi connectivity index (χ3n) is 5.27. The molecule has 158 valence electrons. The monoisotopic (exact) mass is 409 g/mol. The van der Waals surface area contributed by atoms with Gasteiger partial charge < -0.3 is 14.8 Å². The summed E-state index contributed by atoms with van der Waals surface area (Å²) in [5, 5.41) is 3.29. The second-order valence-corrected chi connectivity index (χ2v) is 8.48. The highest BCUT2D eigenvalue weighted by molar-refractivity contribution is 6.04. The van der Waals surface area contributed by atoms with E-state index in [-0.39, 0.29) is 17.8 Å². The van der Waals surface area contributed by atoms with Gasteiger partial charge in [-0.2, -0.15) is 0 Å². The minimum atomic E-state index is -0.548. The summed E-state index contributed by atoms with van der Waals surface area (Å²) < 4.78 is 10.4. The molecule has 1 aliphatic carbocycles. The van der Waals surface area contributed by atoms with Crippen LogP contribution in [0.25, 0.3) is 0 Å². The van der Waals surface area contributed by atoms with Crippen molar-refractivity contribution in [1.82, 2.24) is 5.32 Å². The number of esters is 2. The number of allylic oxidation sites excluding steroid dienone is 3. The van der Waals surface area contributed by atoms with Gasteiger partial charge in [0.15, 0.2) is 5.78 Å². The van der Waals surface area contributed by atoms with E-state index >= 15 is 0 Å². The minimum absolute atomic E-state index is 0.0179. The highest BCUT2D eigenvalue weighted by atomic mass is 16.5. The zero-order chi connectivity index (χ0) is 22.1. The molecule has 6 nitrogen and oxygen atoms in total. The second-order valence-electron chi connectivity index (χ2n) is 8.48. The van der Waals surface area contributed by atoms with Crippen LogP contribution in [0.1, 0.15) is 52.0 Å². The van der Waals surface area contributed by atoms with Gasteiger partial charge in [-0.1, -0.05) is 38.6 Å². The highest BCUT2D eigenvalue weighted by Crippen LogP contribution is 2.46. The van der Waals surface area contributed by atoms with Crippen LogP contribution < -0.4 is 10.1 Å². The SMILES string of the molecule is C=CCOC(=O)C1=C(C)NC2=C(C(=O)CC(C)(C)C2)C1c1ccc(OC(C)=O)cc1. The summed E-state index contributed by atoms with van der Waals surface area (Å²) in [6.45, 7) is 10.9. The lowest BCUT2D eigenvalue weighted by atomic mass is 9.68. The Kier molecular flexibility index (Phi) is 5.97. The van der Waals surface area contributed by atoms with Crippen LogP contribution in [-0.2, 0) is 19.1 Å². The molecular weight excluding hydrogens is 382 g/mol. The predicted octanol–water partition coefficient (Wildman–Crippen LogP) is 3.95. The zero-order valence-electron chi connectivity index (χ0n) is 17.8. The summed E-state index contributed by atoms with van der Waals surface area (Å²) in [5.74, 6) is -1.03.